The summed E-state index contributed by atoms with van der Waals surface area (Å²) in [4.78, 5) is 2.34. The molecule has 1 unspecified atom stereocenters. The van der Waals surface area contributed by atoms with Gasteiger partial charge in [-0.2, -0.15) is 0 Å². The lowest BCUT2D eigenvalue weighted by Gasteiger charge is -2.24. The molecule has 0 bridgehead atoms. The number of rotatable bonds is 7. The van der Waals surface area contributed by atoms with Crippen LogP contribution in [0.4, 0.5) is 11.4 Å². The Bertz CT molecular complexity index is 1390. The summed E-state index contributed by atoms with van der Waals surface area (Å²) in [6.07, 6.45) is 13.3. The van der Waals surface area contributed by atoms with Crippen LogP contribution in [-0.2, 0) is 6.42 Å². The van der Waals surface area contributed by atoms with Crippen LogP contribution in [0.25, 0.3) is 28.2 Å². The number of benzene rings is 3. The maximum Gasteiger partial charge on any atom is 0.142 e. The van der Waals surface area contributed by atoms with E-state index in [4.69, 9.17) is 4.42 Å². The van der Waals surface area contributed by atoms with E-state index >= 15 is 0 Å². The summed E-state index contributed by atoms with van der Waals surface area (Å²) < 4.78 is 6.33. The average Bonchev–Trinajstić information content (AvgIpc) is 3.28. The first-order chi connectivity index (χ1) is 17.2. The molecule has 1 aliphatic heterocycles. The molecule has 1 N–H and O–H groups in total. The van der Waals surface area contributed by atoms with E-state index in [0.717, 1.165) is 35.4 Å². The van der Waals surface area contributed by atoms with E-state index in [1.54, 1.807) is 0 Å². The summed E-state index contributed by atoms with van der Waals surface area (Å²) in [6.45, 7) is 7.30. The van der Waals surface area contributed by atoms with Gasteiger partial charge in [-0.15, -0.1) is 0 Å². The maximum atomic E-state index is 6.33. The van der Waals surface area contributed by atoms with Crippen molar-refractivity contribution in [3.05, 3.63) is 114 Å². The Morgan fingerprint density at radius 3 is 2.29 bits per heavy atom. The van der Waals surface area contributed by atoms with Gasteiger partial charge < -0.3 is 14.6 Å². The largest absolute Gasteiger partial charge is 0.456 e. The van der Waals surface area contributed by atoms with Crippen LogP contribution in [0.15, 0.2) is 102 Å². The summed E-state index contributed by atoms with van der Waals surface area (Å²) >= 11 is 0. The molecule has 176 valence electrons. The van der Waals surface area contributed by atoms with Gasteiger partial charge >= 0.3 is 0 Å². The zero-order valence-electron chi connectivity index (χ0n) is 20.7. The molecule has 2 heterocycles. The first-order valence-electron chi connectivity index (χ1n) is 12.5. The van der Waals surface area contributed by atoms with Gasteiger partial charge in [0.1, 0.15) is 11.3 Å². The van der Waals surface area contributed by atoms with Crippen LogP contribution in [0.2, 0.25) is 0 Å². The lowest BCUT2D eigenvalue weighted by Crippen LogP contribution is -2.17. The summed E-state index contributed by atoms with van der Waals surface area (Å²) in [7, 11) is 0. The highest BCUT2D eigenvalue weighted by Crippen LogP contribution is 2.36. The van der Waals surface area contributed by atoms with Crippen LogP contribution in [0.5, 0.6) is 0 Å². The van der Waals surface area contributed by atoms with Crippen LogP contribution in [-0.4, -0.2) is 6.54 Å². The standard InChI is InChI=1S/C32H32N2O/c1-4-10-31-27(5-2)29-12-9-11-28(32(29)35-31)23-14-18-25(19-15-23)34(6-3)26-20-16-24(17-21-26)30-13-7-8-22-33-30/h4,7-22,30,33H,5-6H2,1-3H3/b10-4-. The third-order valence-electron chi connectivity index (χ3n) is 6.68. The van der Waals surface area contributed by atoms with Crippen LogP contribution < -0.4 is 10.2 Å². The van der Waals surface area contributed by atoms with Crippen molar-refractivity contribution in [1.82, 2.24) is 5.32 Å². The zero-order valence-corrected chi connectivity index (χ0v) is 20.7. The Morgan fingerprint density at radius 2 is 1.66 bits per heavy atom. The van der Waals surface area contributed by atoms with E-state index in [0.29, 0.717) is 0 Å². The molecule has 0 saturated carbocycles. The van der Waals surface area contributed by atoms with Crippen LogP contribution in [0.3, 0.4) is 0 Å². The normalized spacial score (nSPS) is 15.1. The topological polar surface area (TPSA) is 28.4 Å². The molecule has 0 saturated heterocycles. The number of aryl methyl sites for hydroxylation is 1. The van der Waals surface area contributed by atoms with Gasteiger partial charge in [0.05, 0.1) is 6.04 Å². The minimum absolute atomic E-state index is 0.231. The number of nitrogens with zero attached hydrogens (tertiary/aromatic N) is 1. The van der Waals surface area contributed by atoms with Gasteiger partial charge in [-0.25, -0.2) is 0 Å². The number of hydrogen-bond acceptors (Lipinski definition) is 3. The Morgan fingerprint density at radius 1 is 0.914 bits per heavy atom. The van der Waals surface area contributed by atoms with E-state index in [2.05, 4.69) is 109 Å². The molecule has 3 aromatic carbocycles. The predicted octanol–water partition coefficient (Wildman–Crippen LogP) is 8.57. The quantitative estimate of drug-likeness (QED) is 0.299. The van der Waals surface area contributed by atoms with Gasteiger partial charge in [-0.05, 0) is 74.0 Å². The second-order valence-corrected chi connectivity index (χ2v) is 8.75. The average molecular weight is 461 g/mol. The molecule has 4 aromatic rings. The zero-order chi connectivity index (χ0) is 24.2. The van der Waals surface area contributed by atoms with Crippen molar-refractivity contribution in [2.45, 2.75) is 33.2 Å². The minimum Gasteiger partial charge on any atom is -0.456 e. The molecular weight excluding hydrogens is 428 g/mol. The number of nitrogens with one attached hydrogen (secondary N) is 1. The van der Waals surface area contributed by atoms with Gasteiger partial charge in [-0.1, -0.05) is 67.6 Å². The molecule has 0 spiro atoms. The third-order valence-corrected chi connectivity index (χ3v) is 6.68. The first kappa shape index (κ1) is 22.8. The van der Waals surface area contributed by atoms with E-state index in [1.165, 1.54) is 27.9 Å². The smallest absolute Gasteiger partial charge is 0.142 e. The van der Waals surface area contributed by atoms with Gasteiger partial charge in [-0.3, -0.25) is 0 Å². The summed E-state index contributed by atoms with van der Waals surface area (Å²) in [5, 5.41) is 4.59. The van der Waals surface area contributed by atoms with Gasteiger partial charge in [0.2, 0.25) is 0 Å². The summed E-state index contributed by atoms with van der Waals surface area (Å²) in [5.41, 5.74) is 8.16. The first-order valence-corrected chi connectivity index (χ1v) is 12.5. The molecule has 0 radical (unpaired) electrons. The molecule has 0 fully saturated rings. The predicted molar refractivity (Wildman–Crippen MR) is 149 cm³/mol. The number of fused-ring (bicyclic) bond motifs is 1. The summed E-state index contributed by atoms with van der Waals surface area (Å²) in [6, 6.07) is 24.3. The number of hydrogen-bond donors (Lipinski definition) is 1. The summed E-state index contributed by atoms with van der Waals surface area (Å²) in [5.74, 6) is 0.963. The van der Waals surface area contributed by atoms with Crippen molar-refractivity contribution >= 4 is 28.4 Å². The van der Waals surface area contributed by atoms with Crippen molar-refractivity contribution < 1.29 is 4.42 Å². The molecule has 5 rings (SSSR count). The molecular formula is C32H32N2O. The van der Waals surface area contributed by atoms with Crippen molar-refractivity contribution in [2.75, 3.05) is 11.4 Å². The van der Waals surface area contributed by atoms with Crippen LogP contribution in [0, 0.1) is 0 Å². The molecule has 3 heteroatoms. The molecule has 0 amide bonds. The van der Waals surface area contributed by atoms with Gasteiger partial charge in [0.25, 0.3) is 0 Å². The van der Waals surface area contributed by atoms with E-state index in [1.807, 2.05) is 25.3 Å². The lowest BCUT2D eigenvalue weighted by atomic mass is 10.0. The highest BCUT2D eigenvalue weighted by Gasteiger charge is 2.16. The third kappa shape index (κ3) is 4.42. The van der Waals surface area contributed by atoms with Crippen molar-refractivity contribution in [3.63, 3.8) is 0 Å². The Labute approximate surface area is 208 Å². The number of anilines is 2. The Balaban J connectivity index is 1.43. The number of dihydropyridines is 1. The second kappa shape index (κ2) is 10.1. The molecule has 1 atom stereocenters. The van der Waals surface area contributed by atoms with Crippen LogP contribution in [0.1, 0.15) is 43.7 Å². The fourth-order valence-corrected chi connectivity index (χ4v) is 4.92. The van der Waals surface area contributed by atoms with Crippen molar-refractivity contribution in [3.8, 4) is 11.1 Å². The van der Waals surface area contributed by atoms with Crippen molar-refractivity contribution in [1.29, 1.82) is 0 Å². The molecule has 1 aliphatic rings. The van der Waals surface area contributed by atoms with Gasteiger partial charge in [0.15, 0.2) is 0 Å². The number of para-hydroxylation sites is 1. The van der Waals surface area contributed by atoms with E-state index < -0.39 is 0 Å². The van der Waals surface area contributed by atoms with E-state index in [9.17, 15) is 0 Å². The van der Waals surface area contributed by atoms with Crippen LogP contribution >= 0.6 is 0 Å². The number of allylic oxidation sites excluding steroid dienone is 3. The Kier molecular flexibility index (Phi) is 6.58. The minimum atomic E-state index is 0.231. The highest BCUT2D eigenvalue weighted by molar-refractivity contribution is 5.96. The molecule has 0 aliphatic carbocycles. The fraction of sp³-hybridized carbons (Fsp3) is 0.188. The molecule has 1 aromatic heterocycles. The highest BCUT2D eigenvalue weighted by atomic mass is 16.3. The second-order valence-electron chi connectivity index (χ2n) is 8.75. The van der Waals surface area contributed by atoms with Crippen molar-refractivity contribution in [2.24, 2.45) is 0 Å². The Hall–Kier alpha value is -3.98. The monoisotopic (exact) mass is 460 g/mol. The van der Waals surface area contributed by atoms with E-state index in [-0.39, 0.29) is 6.04 Å². The lowest BCUT2D eigenvalue weighted by molar-refractivity contribution is 0.600. The molecule has 35 heavy (non-hydrogen) atoms. The number of furan rings is 1. The fourth-order valence-electron chi connectivity index (χ4n) is 4.92. The SMILES string of the molecule is C/C=C\c1oc2c(-c3ccc(N(CC)c4ccc(C5C=CC=CN5)cc4)cc3)cccc2c1CC. The van der Waals surface area contributed by atoms with Gasteiger partial charge in [0, 0.05) is 34.4 Å². The molecule has 3 nitrogen and oxygen atoms in total. The maximum absolute atomic E-state index is 6.33.